The first kappa shape index (κ1) is 10.5. The number of alkyl halides is 3. The van der Waals surface area contributed by atoms with Gasteiger partial charge in [-0.3, -0.25) is 0 Å². The summed E-state index contributed by atoms with van der Waals surface area (Å²) in [6, 6.07) is -0.424. The van der Waals surface area contributed by atoms with Crippen molar-refractivity contribution in [3.8, 4) is 6.01 Å². The molecule has 5 nitrogen and oxygen atoms in total. The van der Waals surface area contributed by atoms with Crippen LogP contribution in [0, 0.1) is 6.92 Å². The van der Waals surface area contributed by atoms with Gasteiger partial charge in [-0.1, -0.05) is 0 Å². The fraction of sp³-hybridized carbons (Fsp3) is 0.500. The maximum atomic E-state index is 11.7. The third-order valence-corrected chi connectivity index (χ3v) is 1.11. The molecular formula is C6H7F3N4O. The molecule has 0 amide bonds. The summed E-state index contributed by atoms with van der Waals surface area (Å²) in [4.78, 5) is 10.5. The zero-order valence-corrected chi connectivity index (χ0v) is 7.17. The van der Waals surface area contributed by atoms with Crippen LogP contribution in [0.25, 0.3) is 0 Å². The van der Waals surface area contributed by atoms with Crippen molar-refractivity contribution in [3.05, 3.63) is 5.82 Å². The first-order valence-corrected chi connectivity index (χ1v) is 3.54. The first-order chi connectivity index (χ1) is 6.37. The van der Waals surface area contributed by atoms with E-state index in [1.54, 1.807) is 0 Å². The smallest absolute Gasteiger partial charge is 0.422 e. The monoisotopic (exact) mass is 208 g/mol. The standard InChI is InChI=1S/C6H7F3N4O/c1-3-11-4(10)13-5(12-3)14-2-6(7,8)9/h2H2,1H3,(H2,10,11,12,13). The molecule has 1 heterocycles. The van der Waals surface area contributed by atoms with E-state index in [1.807, 2.05) is 0 Å². The van der Waals surface area contributed by atoms with Crippen LogP contribution < -0.4 is 10.5 Å². The lowest BCUT2D eigenvalue weighted by molar-refractivity contribution is -0.154. The van der Waals surface area contributed by atoms with E-state index in [-0.39, 0.29) is 11.8 Å². The first-order valence-electron chi connectivity index (χ1n) is 3.54. The van der Waals surface area contributed by atoms with E-state index in [0.717, 1.165) is 0 Å². The molecule has 0 aliphatic rings. The Morgan fingerprint density at radius 1 is 1.29 bits per heavy atom. The van der Waals surface area contributed by atoms with Gasteiger partial charge in [0.25, 0.3) is 0 Å². The number of halogens is 3. The Morgan fingerprint density at radius 3 is 2.43 bits per heavy atom. The highest BCUT2D eigenvalue weighted by Crippen LogP contribution is 2.15. The number of ether oxygens (including phenoxy) is 1. The van der Waals surface area contributed by atoms with Crippen LogP contribution in [0.5, 0.6) is 6.01 Å². The summed E-state index contributed by atoms with van der Waals surface area (Å²) in [6.07, 6.45) is -4.42. The molecule has 2 N–H and O–H groups in total. The highest BCUT2D eigenvalue weighted by atomic mass is 19.4. The maximum absolute atomic E-state index is 11.7. The van der Waals surface area contributed by atoms with Crippen LogP contribution in [0.4, 0.5) is 19.1 Å². The minimum atomic E-state index is -4.42. The number of anilines is 1. The van der Waals surface area contributed by atoms with Crippen LogP contribution in [0.15, 0.2) is 0 Å². The van der Waals surface area contributed by atoms with Gasteiger partial charge in [-0.05, 0) is 6.92 Å². The third kappa shape index (κ3) is 3.42. The lowest BCUT2D eigenvalue weighted by atomic mass is 10.7. The summed E-state index contributed by atoms with van der Waals surface area (Å²) >= 11 is 0. The molecule has 0 atom stereocenters. The van der Waals surface area contributed by atoms with Gasteiger partial charge in [0.2, 0.25) is 5.95 Å². The minimum absolute atomic E-state index is 0.172. The second-order valence-corrected chi connectivity index (χ2v) is 2.43. The fourth-order valence-corrected chi connectivity index (χ4v) is 0.688. The van der Waals surface area contributed by atoms with Crippen LogP contribution in [0.2, 0.25) is 0 Å². The average Bonchev–Trinajstić information content (AvgIpc) is 1.97. The van der Waals surface area contributed by atoms with E-state index in [0.29, 0.717) is 0 Å². The van der Waals surface area contributed by atoms with Crippen molar-refractivity contribution in [3.63, 3.8) is 0 Å². The predicted octanol–water partition coefficient (Wildman–Crippen LogP) is 0.703. The van der Waals surface area contributed by atoms with Crippen LogP contribution in [0.3, 0.4) is 0 Å². The number of hydrogen-bond acceptors (Lipinski definition) is 5. The highest BCUT2D eigenvalue weighted by Gasteiger charge is 2.29. The second kappa shape index (κ2) is 3.64. The van der Waals surface area contributed by atoms with Crippen molar-refractivity contribution in [1.29, 1.82) is 0 Å². The van der Waals surface area contributed by atoms with Crippen molar-refractivity contribution in [2.45, 2.75) is 13.1 Å². The largest absolute Gasteiger partial charge is 0.454 e. The van der Waals surface area contributed by atoms with Gasteiger partial charge in [-0.25, -0.2) is 0 Å². The Balaban J connectivity index is 2.68. The van der Waals surface area contributed by atoms with E-state index >= 15 is 0 Å². The van der Waals surface area contributed by atoms with Crippen molar-refractivity contribution in [1.82, 2.24) is 15.0 Å². The molecule has 8 heteroatoms. The zero-order valence-electron chi connectivity index (χ0n) is 7.17. The van der Waals surface area contributed by atoms with Gasteiger partial charge in [0.1, 0.15) is 5.82 Å². The summed E-state index contributed by atoms with van der Waals surface area (Å²) < 4.78 is 39.4. The highest BCUT2D eigenvalue weighted by molar-refractivity contribution is 5.17. The number of aromatic nitrogens is 3. The lowest BCUT2D eigenvalue weighted by Gasteiger charge is -2.07. The molecule has 14 heavy (non-hydrogen) atoms. The van der Waals surface area contributed by atoms with Gasteiger partial charge in [-0.2, -0.15) is 28.1 Å². The molecule has 0 unspecified atom stereocenters. The van der Waals surface area contributed by atoms with Crippen molar-refractivity contribution in [2.75, 3.05) is 12.3 Å². The Hall–Kier alpha value is -1.60. The number of aryl methyl sites for hydroxylation is 1. The molecule has 0 spiro atoms. The summed E-state index contributed by atoms with van der Waals surface area (Å²) in [5, 5.41) is 0. The molecule has 0 radical (unpaired) electrons. The number of rotatable bonds is 2. The Labute approximate surface area is 77.1 Å². The Morgan fingerprint density at radius 2 is 1.93 bits per heavy atom. The molecule has 1 rings (SSSR count). The van der Waals surface area contributed by atoms with Crippen LogP contribution in [-0.4, -0.2) is 27.7 Å². The topological polar surface area (TPSA) is 73.9 Å². The van der Waals surface area contributed by atoms with Crippen LogP contribution >= 0.6 is 0 Å². The maximum Gasteiger partial charge on any atom is 0.422 e. The Kier molecular flexibility index (Phi) is 2.73. The minimum Gasteiger partial charge on any atom is -0.454 e. The normalized spacial score (nSPS) is 11.4. The molecule has 0 saturated carbocycles. The SMILES string of the molecule is Cc1nc(N)nc(OCC(F)(F)F)n1. The van der Waals surface area contributed by atoms with Gasteiger partial charge in [0.15, 0.2) is 6.61 Å². The van der Waals surface area contributed by atoms with Gasteiger partial charge in [0, 0.05) is 0 Å². The summed E-state index contributed by atoms with van der Waals surface area (Å²) in [7, 11) is 0. The van der Waals surface area contributed by atoms with E-state index in [2.05, 4.69) is 19.7 Å². The molecule has 1 aromatic rings. The predicted molar refractivity (Wildman–Crippen MR) is 40.5 cm³/mol. The summed E-state index contributed by atoms with van der Waals surface area (Å²) in [5.74, 6) is 0.0318. The molecule has 0 aliphatic heterocycles. The van der Waals surface area contributed by atoms with E-state index in [4.69, 9.17) is 5.73 Å². The van der Waals surface area contributed by atoms with Crippen molar-refractivity contribution < 1.29 is 17.9 Å². The zero-order chi connectivity index (χ0) is 10.8. The van der Waals surface area contributed by atoms with Crippen LogP contribution in [-0.2, 0) is 0 Å². The van der Waals surface area contributed by atoms with E-state index in [9.17, 15) is 13.2 Å². The molecule has 78 valence electrons. The quantitative estimate of drug-likeness (QED) is 0.774. The van der Waals surface area contributed by atoms with Gasteiger partial charge in [-0.15, -0.1) is 0 Å². The fourth-order valence-electron chi connectivity index (χ4n) is 0.688. The van der Waals surface area contributed by atoms with Crippen LogP contribution in [0.1, 0.15) is 5.82 Å². The molecule has 0 aromatic carbocycles. The molecule has 0 fully saturated rings. The second-order valence-electron chi connectivity index (χ2n) is 2.43. The number of nitrogens with zero attached hydrogens (tertiary/aromatic N) is 3. The van der Waals surface area contributed by atoms with E-state index < -0.39 is 18.8 Å². The summed E-state index contributed by atoms with van der Waals surface area (Å²) in [6.45, 7) is 0.0222. The number of nitrogen functional groups attached to an aromatic ring is 1. The molecule has 1 aromatic heterocycles. The van der Waals surface area contributed by atoms with Crippen molar-refractivity contribution >= 4 is 5.95 Å². The average molecular weight is 208 g/mol. The third-order valence-electron chi connectivity index (χ3n) is 1.11. The lowest BCUT2D eigenvalue weighted by Crippen LogP contribution is -2.20. The molecular weight excluding hydrogens is 201 g/mol. The number of nitrogens with two attached hydrogens (primary N) is 1. The summed E-state index contributed by atoms with van der Waals surface area (Å²) in [5.41, 5.74) is 5.18. The van der Waals surface area contributed by atoms with Gasteiger partial charge >= 0.3 is 12.2 Å². The molecule has 0 bridgehead atoms. The van der Waals surface area contributed by atoms with E-state index in [1.165, 1.54) is 6.92 Å². The molecule has 0 aliphatic carbocycles. The molecule has 0 saturated heterocycles. The number of hydrogen-bond donors (Lipinski definition) is 1. The van der Waals surface area contributed by atoms with Gasteiger partial charge < -0.3 is 10.5 Å². The van der Waals surface area contributed by atoms with Gasteiger partial charge in [0.05, 0.1) is 0 Å². The van der Waals surface area contributed by atoms with Crippen molar-refractivity contribution in [2.24, 2.45) is 0 Å². The Bertz CT molecular complexity index is 307.